The predicted octanol–water partition coefficient (Wildman–Crippen LogP) is 4.90. The molecule has 1 fully saturated rings. The van der Waals surface area contributed by atoms with Crippen molar-refractivity contribution in [3.63, 3.8) is 0 Å². The number of aromatic nitrogens is 1. The molecule has 2 amide bonds. The van der Waals surface area contributed by atoms with Crippen LogP contribution in [0.4, 0.5) is 5.82 Å². The standard InChI is InChI=1S/C23H28ClN3O3/c1-16(28)26-20(18-9-11-19(24)12-10-18)14-22(29)27-23-21(8-5-13-25-23)30-15-17-6-3-2-4-7-17/h5,8-13,17,20H,2-4,6-7,14-15H2,1H3,(H,26,28)(H,25,27,29). The van der Waals surface area contributed by atoms with E-state index in [1.807, 2.05) is 6.07 Å². The van der Waals surface area contributed by atoms with Gasteiger partial charge in [0.2, 0.25) is 11.8 Å². The SMILES string of the molecule is CC(=O)NC(CC(=O)Nc1ncccc1OCC1CCCCC1)c1ccc(Cl)cc1. The molecule has 1 aromatic heterocycles. The number of nitrogens with one attached hydrogen (secondary N) is 2. The van der Waals surface area contributed by atoms with Gasteiger partial charge >= 0.3 is 0 Å². The maximum absolute atomic E-state index is 12.7. The van der Waals surface area contributed by atoms with Gasteiger partial charge in [-0.2, -0.15) is 0 Å². The zero-order chi connectivity index (χ0) is 21.3. The summed E-state index contributed by atoms with van der Waals surface area (Å²) in [6.45, 7) is 2.06. The van der Waals surface area contributed by atoms with Crippen LogP contribution in [-0.2, 0) is 9.59 Å². The summed E-state index contributed by atoms with van der Waals surface area (Å²) in [5, 5.41) is 6.25. The van der Waals surface area contributed by atoms with Gasteiger partial charge in [0, 0.05) is 18.1 Å². The summed E-state index contributed by atoms with van der Waals surface area (Å²) < 4.78 is 5.98. The van der Waals surface area contributed by atoms with E-state index in [9.17, 15) is 9.59 Å². The van der Waals surface area contributed by atoms with E-state index in [1.165, 1.54) is 39.0 Å². The summed E-state index contributed by atoms with van der Waals surface area (Å²) in [7, 11) is 0. The quantitative estimate of drug-likeness (QED) is 0.625. The second-order valence-corrected chi connectivity index (χ2v) is 8.16. The van der Waals surface area contributed by atoms with Crippen LogP contribution in [0.25, 0.3) is 0 Å². The topological polar surface area (TPSA) is 80.3 Å². The Hall–Kier alpha value is -2.60. The first-order valence-corrected chi connectivity index (χ1v) is 10.8. The minimum Gasteiger partial charge on any atom is -0.489 e. The Balaban J connectivity index is 1.63. The smallest absolute Gasteiger partial charge is 0.228 e. The molecule has 0 saturated heterocycles. The van der Waals surface area contributed by atoms with Gasteiger partial charge in [-0.15, -0.1) is 0 Å². The molecular formula is C23H28ClN3O3. The monoisotopic (exact) mass is 429 g/mol. The van der Waals surface area contributed by atoms with Crippen molar-refractivity contribution in [3.8, 4) is 5.75 Å². The fourth-order valence-electron chi connectivity index (χ4n) is 3.72. The lowest BCUT2D eigenvalue weighted by molar-refractivity contribution is -0.120. The first kappa shape index (κ1) is 22.1. The molecule has 1 aliphatic rings. The van der Waals surface area contributed by atoms with E-state index >= 15 is 0 Å². The number of halogens is 1. The number of benzene rings is 1. The molecule has 7 heteroatoms. The van der Waals surface area contributed by atoms with Crippen molar-refractivity contribution < 1.29 is 14.3 Å². The van der Waals surface area contributed by atoms with Crippen molar-refractivity contribution in [2.24, 2.45) is 5.92 Å². The van der Waals surface area contributed by atoms with Crippen LogP contribution in [0.5, 0.6) is 5.75 Å². The molecule has 160 valence electrons. The second kappa shape index (κ2) is 11.0. The lowest BCUT2D eigenvalue weighted by Gasteiger charge is -2.22. The molecule has 2 N–H and O–H groups in total. The van der Waals surface area contributed by atoms with Gasteiger partial charge in [0.15, 0.2) is 11.6 Å². The number of ether oxygens (including phenoxy) is 1. The zero-order valence-electron chi connectivity index (χ0n) is 17.2. The van der Waals surface area contributed by atoms with Gasteiger partial charge in [-0.25, -0.2) is 4.98 Å². The molecule has 0 aliphatic heterocycles. The molecule has 1 heterocycles. The van der Waals surface area contributed by atoms with E-state index < -0.39 is 6.04 Å². The van der Waals surface area contributed by atoms with Crippen molar-refractivity contribution in [2.45, 2.75) is 51.5 Å². The third-order valence-electron chi connectivity index (χ3n) is 5.27. The normalized spacial score (nSPS) is 15.3. The molecule has 0 spiro atoms. The number of pyridine rings is 1. The molecule has 2 aromatic rings. The van der Waals surface area contributed by atoms with Crippen LogP contribution in [0, 0.1) is 5.92 Å². The number of hydrogen-bond acceptors (Lipinski definition) is 4. The Bertz CT molecular complexity index is 851. The molecule has 0 radical (unpaired) electrons. The van der Waals surface area contributed by atoms with Crippen molar-refractivity contribution in [1.29, 1.82) is 0 Å². The van der Waals surface area contributed by atoms with E-state index in [2.05, 4.69) is 15.6 Å². The summed E-state index contributed by atoms with van der Waals surface area (Å²) >= 11 is 5.95. The van der Waals surface area contributed by atoms with Crippen LogP contribution in [0.2, 0.25) is 5.02 Å². The number of carbonyl (C=O) groups excluding carboxylic acids is 2. The van der Waals surface area contributed by atoms with E-state index in [-0.39, 0.29) is 18.2 Å². The molecular weight excluding hydrogens is 402 g/mol. The average Bonchev–Trinajstić information content (AvgIpc) is 2.73. The minimum absolute atomic E-state index is 0.0693. The van der Waals surface area contributed by atoms with Gasteiger partial charge in [-0.1, -0.05) is 43.0 Å². The third kappa shape index (κ3) is 6.73. The second-order valence-electron chi connectivity index (χ2n) is 7.72. The van der Waals surface area contributed by atoms with Crippen LogP contribution >= 0.6 is 11.6 Å². The van der Waals surface area contributed by atoms with Crippen LogP contribution in [0.1, 0.15) is 57.1 Å². The molecule has 0 bridgehead atoms. The largest absolute Gasteiger partial charge is 0.489 e. The molecule has 1 unspecified atom stereocenters. The Labute approximate surface area is 182 Å². The highest BCUT2D eigenvalue weighted by molar-refractivity contribution is 6.30. The van der Waals surface area contributed by atoms with Crippen LogP contribution < -0.4 is 15.4 Å². The predicted molar refractivity (Wildman–Crippen MR) is 118 cm³/mol. The van der Waals surface area contributed by atoms with Gasteiger partial charge in [0.05, 0.1) is 19.1 Å². The van der Waals surface area contributed by atoms with Gasteiger partial charge in [-0.3, -0.25) is 9.59 Å². The molecule has 3 rings (SSSR count). The minimum atomic E-state index is -0.463. The average molecular weight is 430 g/mol. The zero-order valence-corrected chi connectivity index (χ0v) is 18.0. The van der Waals surface area contributed by atoms with Gasteiger partial charge in [-0.05, 0) is 48.6 Å². The summed E-state index contributed by atoms with van der Waals surface area (Å²) in [5.74, 6) is 1.05. The highest BCUT2D eigenvalue weighted by atomic mass is 35.5. The maximum atomic E-state index is 12.7. The first-order chi connectivity index (χ1) is 14.5. The molecule has 1 aliphatic carbocycles. The Morgan fingerprint density at radius 2 is 1.90 bits per heavy atom. The van der Waals surface area contributed by atoms with Gasteiger partial charge < -0.3 is 15.4 Å². The number of nitrogens with zero attached hydrogens (tertiary/aromatic N) is 1. The Morgan fingerprint density at radius 3 is 2.60 bits per heavy atom. The van der Waals surface area contributed by atoms with Crippen LogP contribution in [0.3, 0.4) is 0 Å². The number of hydrogen-bond donors (Lipinski definition) is 2. The highest BCUT2D eigenvalue weighted by Crippen LogP contribution is 2.27. The van der Waals surface area contributed by atoms with Crippen LogP contribution in [-0.4, -0.2) is 23.4 Å². The lowest BCUT2D eigenvalue weighted by Crippen LogP contribution is -2.30. The fraction of sp³-hybridized carbons (Fsp3) is 0.435. The highest BCUT2D eigenvalue weighted by Gasteiger charge is 2.20. The lowest BCUT2D eigenvalue weighted by atomic mass is 9.90. The summed E-state index contributed by atoms with van der Waals surface area (Å²) in [4.78, 5) is 28.6. The summed E-state index contributed by atoms with van der Waals surface area (Å²) in [5.41, 5.74) is 0.805. The van der Waals surface area contributed by atoms with Crippen LogP contribution in [0.15, 0.2) is 42.6 Å². The van der Waals surface area contributed by atoms with E-state index in [4.69, 9.17) is 16.3 Å². The third-order valence-corrected chi connectivity index (χ3v) is 5.52. The Kier molecular flexibility index (Phi) is 8.08. The number of carbonyl (C=O) groups is 2. The van der Waals surface area contributed by atoms with Crippen molar-refractivity contribution in [2.75, 3.05) is 11.9 Å². The van der Waals surface area contributed by atoms with Crippen molar-refractivity contribution in [3.05, 3.63) is 53.2 Å². The molecule has 1 aromatic carbocycles. The number of rotatable bonds is 8. The summed E-state index contributed by atoms with van der Waals surface area (Å²) in [6.07, 6.45) is 7.85. The maximum Gasteiger partial charge on any atom is 0.228 e. The Morgan fingerprint density at radius 1 is 1.17 bits per heavy atom. The van der Waals surface area contributed by atoms with E-state index in [1.54, 1.807) is 36.5 Å². The first-order valence-electron chi connectivity index (χ1n) is 10.4. The summed E-state index contributed by atoms with van der Waals surface area (Å²) in [6, 6.07) is 10.2. The number of anilines is 1. The molecule has 1 saturated carbocycles. The molecule has 6 nitrogen and oxygen atoms in total. The molecule has 1 atom stereocenters. The van der Waals surface area contributed by atoms with E-state index in [0.717, 1.165) is 5.56 Å². The van der Waals surface area contributed by atoms with Crippen molar-refractivity contribution in [1.82, 2.24) is 10.3 Å². The van der Waals surface area contributed by atoms with Gasteiger partial charge in [0.1, 0.15) is 0 Å². The van der Waals surface area contributed by atoms with E-state index in [0.29, 0.717) is 29.1 Å². The van der Waals surface area contributed by atoms with Gasteiger partial charge in [0.25, 0.3) is 0 Å². The van der Waals surface area contributed by atoms with Crippen molar-refractivity contribution >= 4 is 29.2 Å². The molecule has 30 heavy (non-hydrogen) atoms. The fourth-order valence-corrected chi connectivity index (χ4v) is 3.85. The number of amides is 2.